The molecule has 5 rings (SSSR count). The number of anilines is 1. The fraction of sp³-hybridized carbons (Fsp3) is 0.217. The molecule has 1 aliphatic heterocycles. The Balaban J connectivity index is 1.39. The molecular weight excluding hydrogens is 475 g/mol. The van der Waals surface area contributed by atoms with Gasteiger partial charge < -0.3 is 9.88 Å². The van der Waals surface area contributed by atoms with Gasteiger partial charge in [0, 0.05) is 28.6 Å². The van der Waals surface area contributed by atoms with Gasteiger partial charge in [0.1, 0.15) is 17.3 Å². The molecule has 1 amide bonds. The van der Waals surface area contributed by atoms with Crippen molar-refractivity contribution in [1.29, 1.82) is 0 Å². The monoisotopic (exact) mass is 494 g/mol. The van der Waals surface area contributed by atoms with E-state index in [1.54, 1.807) is 18.2 Å². The van der Waals surface area contributed by atoms with Crippen LogP contribution in [0.1, 0.15) is 35.6 Å². The minimum Gasteiger partial charge on any atom is -0.318 e. The zero-order chi connectivity index (χ0) is 22.1. The molecule has 32 heavy (non-hydrogen) atoms. The molecule has 2 N–H and O–H groups in total. The lowest BCUT2D eigenvalue weighted by Crippen LogP contribution is -2.13. The Morgan fingerprint density at radius 1 is 1.03 bits per heavy atom. The van der Waals surface area contributed by atoms with E-state index in [1.807, 2.05) is 24.3 Å². The van der Waals surface area contributed by atoms with E-state index >= 15 is 0 Å². The van der Waals surface area contributed by atoms with Crippen molar-refractivity contribution in [3.05, 3.63) is 70.3 Å². The summed E-state index contributed by atoms with van der Waals surface area (Å²) < 4.78 is 17.6. The van der Waals surface area contributed by atoms with Gasteiger partial charge in [0.25, 0.3) is 5.91 Å². The van der Waals surface area contributed by atoms with Crippen LogP contribution in [-0.4, -0.2) is 30.9 Å². The zero-order valence-electron chi connectivity index (χ0n) is 17.1. The Kier molecular flexibility index (Phi) is 5.57. The van der Waals surface area contributed by atoms with Crippen LogP contribution < -0.4 is 5.32 Å². The predicted molar refractivity (Wildman–Crippen MR) is 123 cm³/mol. The molecule has 0 aliphatic carbocycles. The highest BCUT2D eigenvalue weighted by Gasteiger charge is 2.19. The van der Waals surface area contributed by atoms with E-state index in [-0.39, 0.29) is 11.4 Å². The predicted octanol–water partition coefficient (Wildman–Crippen LogP) is 5.22. The van der Waals surface area contributed by atoms with E-state index in [2.05, 4.69) is 46.2 Å². The number of hydrogen-bond donors (Lipinski definition) is 2. The van der Waals surface area contributed by atoms with Crippen LogP contribution in [0.5, 0.6) is 0 Å². The number of amides is 1. The molecule has 2 aromatic carbocycles. The minimum atomic E-state index is -0.523. The Labute approximate surface area is 192 Å². The third-order valence-electron chi connectivity index (χ3n) is 5.54. The lowest BCUT2D eigenvalue weighted by atomic mass is 10.1. The summed E-state index contributed by atoms with van der Waals surface area (Å²) in [5.41, 5.74) is 2.53. The molecule has 0 bridgehead atoms. The first-order chi connectivity index (χ1) is 15.6. The third kappa shape index (κ3) is 4.08. The Morgan fingerprint density at radius 2 is 1.84 bits per heavy atom. The molecule has 162 valence electrons. The average Bonchev–Trinajstić information content (AvgIpc) is 3.38. The molecule has 0 unspecified atom stereocenters. The van der Waals surface area contributed by atoms with Gasteiger partial charge in [-0.2, -0.15) is 5.10 Å². The molecule has 0 saturated heterocycles. The maximum absolute atomic E-state index is 14.5. The fourth-order valence-electron chi connectivity index (χ4n) is 3.85. The second-order valence-electron chi connectivity index (χ2n) is 7.72. The van der Waals surface area contributed by atoms with Crippen LogP contribution in [0.2, 0.25) is 0 Å². The van der Waals surface area contributed by atoms with Crippen LogP contribution in [0.4, 0.5) is 10.1 Å². The van der Waals surface area contributed by atoms with Crippen molar-refractivity contribution in [2.45, 2.75) is 32.2 Å². The zero-order valence-corrected chi connectivity index (χ0v) is 18.7. The summed E-state index contributed by atoms with van der Waals surface area (Å²) >= 11 is 3.40. The molecule has 2 aromatic heterocycles. The van der Waals surface area contributed by atoms with Crippen molar-refractivity contribution in [3.8, 4) is 22.6 Å². The summed E-state index contributed by atoms with van der Waals surface area (Å²) in [4.78, 5) is 12.8. The number of hydrogen-bond acceptors (Lipinski definition) is 4. The lowest BCUT2D eigenvalue weighted by Gasteiger charge is -2.10. The van der Waals surface area contributed by atoms with Gasteiger partial charge in [-0.05, 0) is 49.2 Å². The number of carbonyl (C=O) groups excluding carboxylic acids is 1. The average molecular weight is 495 g/mol. The molecule has 0 atom stereocenters. The molecule has 0 saturated carbocycles. The van der Waals surface area contributed by atoms with E-state index in [9.17, 15) is 9.18 Å². The number of halogens is 2. The first-order valence-electron chi connectivity index (χ1n) is 10.4. The first kappa shape index (κ1) is 20.6. The summed E-state index contributed by atoms with van der Waals surface area (Å²) in [5.74, 6) is 0.643. The van der Waals surface area contributed by atoms with Gasteiger partial charge in [0.05, 0.1) is 11.4 Å². The molecule has 3 heterocycles. The van der Waals surface area contributed by atoms with Gasteiger partial charge in [0.2, 0.25) is 0 Å². The Bertz CT molecular complexity index is 1280. The van der Waals surface area contributed by atoms with Crippen LogP contribution in [-0.2, 0) is 13.0 Å². The molecular formula is C23H20BrFN6O. The van der Waals surface area contributed by atoms with Crippen molar-refractivity contribution in [2.75, 3.05) is 5.32 Å². The molecule has 0 spiro atoms. The van der Waals surface area contributed by atoms with Crippen molar-refractivity contribution >= 4 is 27.5 Å². The number of nitrogens with one attached hydrogen (secondary N) is 2. The van der Waals surface area contributed by atoms with Crippen LogP contribution in [0.25, 0.3) is 22.6 Å². The molecule has 7 nitrogen and oxygen atoms in total. The van der Waals surface area contributed by atoms with E-state index in [4.69, 9.17) is 0 Å². The van der Waals surface area contributed by atoms with E-state index in [0.29, 0.717) is 17.1 Å². The summed E-state index contributed by atoms with van der Waals surface area (Å²) in [5, 5.41) is 18.2. The van der Waals surface area contributed by atoms with E-state index in [1.165, 1.54) is 6.07 Å². The summed E-state index contributed by atoms with van der Waals surface area (Å²) in [6.45, 7) is 0.837. The SMILES string of the molecule is O=C(Nc1cc(-c2nnc3n2CCCCC3)ccc1F)c1cc(-c2ccc(Br)cc2)n[nH]1. The number of carbonyl (C=O) groups is 1. The normalized spacial score (nSPS) is 13.4. The van der Waals surface area contributed by atoms with Gasteiger partial charge in [0.15, 0.2) is 5.82 Å². The highest BCUT2D eigenvalue weighted by molar-refractivity contribution is 9.10. The Morgan fingerprint density at radius 3 is 2.69 bits per heavy atom. The van der Waals surface area contributed by atoms with Crippen molar-refractivity contribution in [3.63, 3.8) is 0 Å². The highest BCUT2D eigenvalue weighted by atomic mass is 79.9. The van der Waals surface area contributed by atoms with E-state index in [0.717, 1.165) is 48.1 Å². The molecule has 4 aromatic rings. The largest absolute Gasteiger partial charge is 0.318 e. The summed E-state index contributed by atoms with van der Waals surface area (Å²) in [6, 6.07) is 13.8. The van der Waals surface area contributed by atoms with Crippen LogP contribution in [0.3, 0.4) is 0 Å². The van der Waals surface area contributed by atoms with Crippen molar-refractivity contribution in [2.24, 2.45) is 0 Å². The number of fused-ring (bicyclic) bond motifs is 1. The lowest BCUT2D eigenvalue weighted by molar-refractivity contribution is 0.102. The Hall–Kier alpha value is -3.33. The van der Waals surface area contributed by atoms with Crippen molar-refractivity contribution in [1.82, 2.24) is 25.0 Å². The second kappa shape index (κ2) is 8.66. The minimum absolute atomic E-state index is 0.0817. The van der Waals surface area contributed by atoms with Crippen LogP contribution >= 0.6 is 15.9 Å². The standard InChI is InChI=1S/C23H20BrFN6O/c24-16-8-5-14(6-9-16)18-13-20(28-27-18)23(32)26-19-12-15(7-10-17(19)25)22-30-29-21-4-2-1-3-11-31(21)22/h5-10,12-13H,1-4,11H2,(H,26,32)(H,27,28). The number of aryl methyl sites for hydroxylation is 1. The topological polar surface area (TPSA) is 88.5 Å². The maximum atomic E-state index is 14.5. The molecule has 0 fully saturated rings. The van der Waals surface area contributed by atoms with Gasteiger partial charge in [-0.3, -0.25) is 9.89 Å². The third-order valence-corrected chi connectivity index (χ3v) is 6.07. The van der Waals surface area contributed by atoms with Crippen molar-refractivity contribution < 1.29 is 9.18 Å². The van der Waals surface area contributed by atoms with Gasteiger partial charge >= 0.3 is 0 Å². The molecule has 9 heteroatoms. The first-order valence-corrected chi connectivity index (χ1v) is 11.2. The quantitative estimate of drug-likeness (QED) is 0.407. The summed E-state index contributed by atoms with van der Waals surface area (Å²) in [6.07, 6.45) is 4.19. The number of nitrogens with zero attached hydrogens (tertiary/aromatic N) is 4. The van der Waals surface area contributed by atoms with E-state index < -0.39 is 11.7 Å². The number of benzene rings is 2. The number of aromatic amines is 1. The molecule has 0 radical (unpaired) electrons. The number of rotatable bonds is 4. The van der Waals surface area contributed by atoms with Gasteiger partial charge in [-0.1, -0.05) is 34.5 Å². The van der Waals surface area contributed by atoms with Crippen LogP contribution in [0, 0.1) is 5.82 Å². The van der Waals surface area contributed by atoms with Gasteiger partial charge in [-0.15, -0.1) is 10.2 Å². The number of H-pyrrole nitrogens is 1. The highest BCUT2D eigenvalue weighted by Crippen LogP contribution is 2.27. The van der Waals surface area contributed by atoms with Gasteiger partial charge in [-0.25, -0.2) is 4.39 Å². The molecule has 1 aliphatic rings. The fourth-order valence-corrected chi connectivity index (χ4v) is 4.12. The second-order valence-corrected chi connectivity index (χ2v) is 8.64. The summed E-state index contributed by atoms with van der Waals surface area (Å²) in [7, 11) is 0. The number of aromatic nitrogens is 5. The van der Waals surface area contributed by atoms with Crippen LogP contribution in [0.15, 0.2) is 53.0 Å². The maximum Gasteiger partial charge on any atom is 0.273 e. The smallest absolute Gasteiger partial charge is 0.273 e.